The first-order valence-corrected chi connectivity index (χ1v) is 7.43. The van der Waals surface area contributed by atoms with E-state index in [-0.39, 0.29) is 11.3 Å². The molecule has 1 aliphatic heterocycles. The molecule has 2 aromatic carbocycles. The number of hydrogen-bond acceptors (Lipinski definition) is 4. The van der Waals surface area contributed by atoms with Gasteiger partial charge in [0, 0.05) is 0 Å². The van der Waals surface area contributed by atoms with Gasteiger partial charge >= 0.3 is 12.6 Å². The highest BCUT2D eigenvalue weighted by atomic mass is 19.3. The van der Waals surface area contributed by atoms with Crippen molar-refractivity contribution < 1.29 is 23.4 Å². The minimum Gasteiger partial charge on any atom is -0.478 e. The summed E-state index contributed by atoms with van der Waals surface area (Å²) in [6.45, 7) is -2.35. The number of rotatable bonds is 5. The number of nitrogens with zero attached hydrogens (tertiary/aromatic N) is 2. The molecule has 0 aromatic heterocycles. The minimum atomic E-state index is -2.85. The smallest absolute Gasteiger partial charge is 0.387 e. The molecule has 0 unspecified atom stereocenters. The second kappa shape index (κ2) is 7.12. The Balaban J connectivity index is 1.68. The summed E-state index contributed by atoms with van der Waals surface area (Å²) in [5.41, 5.74) is 2.72. The van der Waals surface area contributed by atoms with Crippen LogP contribution >= 0.6 is 0 Å². The second-order valence-electron chi connectivity index (χ2n) is 5.24. The summed E-state index contributed by atoms with van der Waals surface area (Å²) < 4.78 is 28.6. The number of halogens is 2. The van der Waals surface area contributed by atoms with Crippen LogP contribution in [0.1, 0.15) is 15.9 Å². The van der Waals surface area contributed by atoms with Gasteiger partial charge in [-0.15, -0.1) is 0 Å². The molecule has 0 fully saturated rings. The van der Waals surface area contributed by atoms with E-state index in [4.69, 9.17) is 5.11 Å². The van der Waals surface area contributed by atoms with Crippen LogP contribution in [0.15, 0.2) is 59.7 Å². The van der Waals surface area contributed by atoms with Gasteiger partial charge in [0.15, 0.2) is 0 Å². The van der Waals surface area contributed by atoms with E-state index in [9.17, 15) is 13.6 Å². The van der Waals surface area contributed by atoms with Crippen LogP contribution in [-0.4, -0.2) is 30.4 Å². The molecule has 2 aromatic rings. The molecule has 5 nitrogen and oxygen atoms in total. The van der Waals surface area contributed by atoms with Crippen molar-refractivity contribution in [2.75, 3.05) is 11.6 Å². The van der Waals surface area contributed by atoms with Crippen LogP contribution in [0.2, 0.25) is 0 Å². The maximum absolute atomic E-state index is 12.2. The van der Waals surface area contributed by atoms with Crippen molar-refractivity contribution in [3.8, 4) is 5.75 Å². The van der Waals surface area contributed by atoms with E-state index in [1.165, 1.54) is 12.1 Å². The molecule has 0 amide bonds. The van der Waals surface area contributed by atoms with Gasteiger partial charge in [-0.05, 0) is 47.5 Å². The summed E-state index contributed by atoms with van der Waals surface area (Å²) in [4.78, 5) is 10.9. The highest BCUT2D eigenvalue weighted by Gasteiger charge is 2.11. The van der Waals surface area contributed by atoms with Crippen LogP contribution in [-0.2, 0) is 0 Å². The van der Waals surface area contributed by atoms with Crippen LogP contribution in [0.4, 0.5) is 14.5 Å². The van der Waals surface area contributed by atoms with Gasteiger partial charge in [0.25, 0.3) is 0 Å². The quantitative estimate of drug-likeness (QED) is 0.894. The lowest BCUT2D eigenvalue weighted by Crippen LogP contribution is -2.20. The van der Waals surface area contributed by atoms with Gasteiger partial charge in [0.1, 0.15) is 5.75 Å². The maximum Gasteiger partial charge on any atom is 0.387 e. The largest absolute Gasteiger partial charge is 0.478 e. The Labute approximate surface area is 142 Å². The van der Waals surface area contributed by atoms with Gasteiger partial charge in [-0.25, -0.2) is 4.79 Å². The standard InChI is InChI=1S/C18H14F2N2O3/c19-18(20)25-16-7-5-15(6-8-16)22-10-9-14(11-21-22)12-1-3-13(4-2-12)17(23)24/h1-9,11,18H,10H2,(H,23,24). The van der Waals surface area contributed by atoms with E-state index in [2.05, 4.69) is 9.84 Å². The maximum atomic E-state index is 12.2. The molecule has 0 saturated carbocycles. The number of allylic oxidation sites excluding steroid dienone is 1. The van der Waals surface area contributed by atoms with Gasteiger partial charge < -0.3 is 9.84 Å². The second-order valence-corrected chi connectivity index (χ2v) is 5.24. The monoisotopic (exact) mass is 344 g/mol. The van der Waals surface area contributed by atoms with Crippen LogP contribution in [0.3, 0.4) is 0 Å². The Morgan fingerprint density at radius 1 is 1.12 bits per heavy atom. The number of aromatic carboxylic acids is 1. The highest BCUT2D eigenvalue weighted by Crippen LogP contribution is 2.24. The van der Waals surface area contributed by atoms with Crippen LogP contribution in [0.25, 0.3) is 5.57 Å². The molecule has 25 heavy (non-hydrogen) atoms. The Bertz CT molecular complexity index is 815. The average Bonchev–Trinajstić information content (AvgIpc) is 2.62. The number of benzene rings is 2. The molecular weight excluding hydrogens is 330 g/mol. The summed E-state index contributed by atoms with van der Waals surface area (Å²) in [7, 11) is 0. The molecule has 0 radical (unpaired) electrons. The van der Waals surface area contributed by atoms with Gasteiger partial charge in [-0.1, -0.05) is 18.2 Å². The van der Waals surface area contributed by atoms with Gasteiger partial charge in [-0.2, -0.15) is 13.9 Å². The molecule has 0 atom stereocenters. The summed E-state index contributed by atoms with van der Waals surface area (Å²) in [5, 5.41) is 15.0. The van der Waals surface area contributed by atoms with Crippen molar-refractivity contribution >= 4 is 23.4 Å². The topological polar surface area (TPSA) is 62.1 Å². The van der Waals surface area contributed by atoms with Crippen molar-refractivity contribution in [3.63, 3.8) is 0 Å². The minimum absolute atomic E-state index is 0.0921. The van der Waals surface area contributed by atoms with E-state index < -0.39 is 12.6 Å². The first kappa shape index (κ1) is 16.6. The third-order valence-electron chi connectivity index (χ3n) is 3.65. The fourth-order valence-corrected chi connectivity index (χ4v) is 2.39. The summed E-state index contributed by atoms with van der Waals surface area (Å²) in [5.74, 6) is -0.877. The number of ether oxygens (including phenoxy) is 1. The summed E-state index contributed by atoms with van der Waals surface area (Å²) in [6, 6.07) is 12.8. The molecule has 0 saturated heterocycles. The molecule has 0 aliphatic carbocycles. The van der Waals surface area contributed by atoms with E-state index in [1.54, 1.807) is 47.6 Å². The number of carboxylic acids is 1. The van der Waals surface area contributed by atoms with Crippen molar-refractivity contribution in [1.29, 1.82) is 0 Å². The lowest BCUT2D eigenvalue weighted by molar-refractivity contribution is -0.0498. The Hall–Kier alpha value is -3.22. The Morgan fingerprint density at radius 3 is 2.32 bits per heavy atom. The SMILES string of the molecule is O=C(O)c1ccc(C2=CCN(c3ccc(OC(F)F)cc3)N=C2)cc1. The number of alkyl halides is 2. The lowest BCUT2D eigenvalue weighted by Gasteiger charge is -2.21. The zero-order chi connectivity index (χ0) is 17.8. The molecule has 1 heterocycles. The zero-order valence-electron chi connectivity index (χ0n) is 13.0. The van der Waals surface area contributed by atoms with Crippen molar-refractivity contribution in [3.05, 3.63) is 65.7 Å². The van der Waals surface area contributed by atoms with Crippen LogP contribution in [0, 0.1) is 0 Å². The fourth-order valence-electron chi connectivity index (χ4n) is 2.39. The predicted molar refractivity (Wildman–Crippen MR) is 90.3 cm³/mol. The molecule has 7 heteroatoms. The molecule has 128 valence electrons. The molecule has 1 aliphatic rings. The molecule has 1 N–H and O–H groups in total. The fraction of sp³-hybridized carbons (Fsp3) is 0.111. The van der Waals surface area contributed by atoms with Crippen molar-refractivity contribution in [2.24, 2.45) is 5.10 Å². The number of anilines is 1. The van der Waals surface area contributed by atoms with Crippen molar-refractivity contribution in [1.82, 2.24) is 0 Å². The molecule has 3 rings (SSSR count). The number of hydrazone groups is 1. The first-order valence-electron chi connectivity index (χ1n) is 7.43. The number of carboxylic acid groups (broad SMARTS) is 1. The van der Waals surface area contributed by atoms with E-state index in [1.807, 2.05) is 6.08 Å². The van der Waals surface area contributed by atoms with Crippen LogP contribution in [0.5, 0.6) is 5.75 Å². The average molecular weight is 344 g/mol. The highest BCUT2D eigenvalue weighted by molar-refractivity contribution is 6.11. The summed E-state index contributed by atoms with van der Waals surface area (Å²) >= 11 is 0. The van der Waals surface area contributed by atoms with Crippen molar-refractivity contribution in [2.45, 2.75) is 6.61 Å². The third-order valence-corrected chi connectivity index (χ3v) is 3.65. The normalized spacial score (nSPS) is 13.7. The van der Waals surface area contributed by atoms with E-state index >= 15 is 0 Å². The molecular formula is C18H14F2N2O3. The molecule has 0 bridgehead atoms. The third kappa shape index (κ3) is 4.00. The van der Waals surface area contributed by atoms with Crippen LogP contribution < -0.4 is 9.75 Å². The van der Waals surface area contributed by atoms with Gasteiger partial charge in [0.2, 0.25) is 0 Å². The zero-order valence-corrected chi connectivity index (χ0v) is 13.0. The number of hydrogen-bond donors (Lipinski definition) is 1. The summed E-state index contributed by atoms with van der Waals surface area (Å²) in [6.07, 6.45) is 3.62. The van der Waals surface area contributed by atoms with Gasteiger partial charge in [-0.3, -0.25) is 5.01 Å². The Morgan fingerprint density at radius 2 is 1.80 bits per heavy atom. The van der Waals surface area contributed by atoms with E-state index in [0.29, 0.717) is 6.54 Å². The Kier molecular flexibility index (Phi) is 4.74. The first-order chi connectivity index (χ1) is 12.0. The molecule has 0 spiro atoms. The van der Waals surface area contributed by atoms with E-state index in [0.717, 1.165) is 16.8 Å². The number of carbonyl (C=O) groups is 1. The van der Waals surface area contributed by atoms with Gasteiger partial charge in [0.05, 0.1) is 24.0 Å². The predicted octanol–water partition coefficient (Wildman–Crippen LogP) is 3.88. The lowest BCUT2D eigenvalue weighted by atomic mass is 10.0.